The summed E-state index contributed by atoms with van der Waals surface area (Å²) in [6.07, 6.45) is 0. The third-order valence-electron chi connectivity index (χ3n) is 3.82. The molecule has 5 nitrogen and oxygen atoms in total. The van der Waals surface area contributed by atoms with Crippen LogP contribution < -0.4 is 16.0 Å². The van der Waals surface area contributed by atoms with E-state index >= 15 is 0 Å². The van der Waals surface area contributed by atoms with Crippen LogP contribution in [0.25, 0.3) is 0 Å². The number of nitrogens with two attached hydrogens (primary N) is 1. The minimum atomic E-state index is -0.458. The monoisotopic (exact) mass is 291 g/mol. The molecule has 1 fully saturated rings. The molecule has 21 heavy (non-hydrogen) atoms. The maximum absolute atomic E-state index is 12.0. The van der Waals surface area contributed by atoms with Gasteiger partial charge < -0.3 is 20.7 Å². The molecule has 116 valence electrons. The zero-order valence-corrected chi connectivity index (χ0v) is 12.8. The van der Waals surface area contributed by atoms with Crippen LogP contribution in [0, 0.1) is 5.92 Å². The first-order valence-corrected chi connectivity index (χ1v) is 7.53. The first-order chi connectivity index (χ1) is 10.1. The molecule has 3 N–H and O–H groups in total. The third kappa shape index (κ3) is 4.19. The van der Waals surface area contributed by atoms with Gasteiger partial charge in [-0.05, 0) is 17.5 Å². The number of carbonyl (C=O) groups excluding carboxylic acids is 1. The predicted octanol–water partition coefficient (Wildman–Crippen LogP) is 1.12. The highest BCUT2D eigenvalue weighted by Crippen LogP contribution is 2.21. The van der Waals surface area contributed by atoms with Crippen molar-refractivity contribution in [3.8, 4) is 0 Å². The molecule has 1 atom stereocenters. The average molecular weight is 291 g/mol. The standard InChI is InChI=1S/C16H25N3O2/c1-12(2)15(17)16(20)18-11-13-5-3-4-6-14(13)19-7-9-21-10-8-19/h3-6,12,15H,7-11,17H2,1-2H3,(H,18,20)/t15-/m0/s1. The Labute approximate surface area is 126 Å². The molecule has 2 rings (SSSR count). The Balaban J connectivity index is 2.01. The number of nitrogens with one attached hydrogen (secondary N) is 1. The zero-order valence-electron chi connectivity index (χ0n) is 12.8. The molecule has 0 unspecified atom stereocenters. The van der Waals surface area contributed by atoms with Gasteiger partial charge >= 0.3 is 0 Å². The van der Waals surface area contributed by atoms with Crippen molar-refractivity contribution >= 4 is 11.6 Å². The molecule has 0 saturated carbocycles. The van der Waals surface area contributed by atoms with E-state index in [0.29, 0.717) is 6.54 Å². The van der Waals surface area contributed by atoms with Gasteiger partial charge in [0.2, 0.25) is 5.91 Å². The molecular weight excluding hydrogens is 266 g/mol. The van der Waals surface area contributed by atoms with Crippen molar-refractivity contribution in [3.05, 3.63) is 29.8 Å². The largest absolute Gasteiger partial charge is 0.378 e. The van der Waals surface area contributed by atoms with Gasteiger partial charge in [0.25, 0.3) is 0 Å². The van der Waals surface area contributed by atoms with E-state index in [9.17, 15) is 4.79 Å². The summed E-state index contributed by atoms with van der Waals surface area (Å²) in [5.74, 6) is 0.0428. The lowest BCUT2D eigenvalue weighted by atomic mass is 10.0. The van der Waals surface area contributed by atoms with E-state index in [-0.39, 0.29) is 11.8 Å². The summed E-state index contributed by atoms with van der Waals surface area (Å²) in [5.41, 5.74) is 8.15. The van der Waals surface area contributed by atoms with Gasteiger partial charge in [-0.15, -0.1) is 0 Å². The lowest BCUT2D eigenvalue weighted by molar-refractivity contribution is -0.123. The second-order valence-electron chi connectivity index (χ2n) is 5.72. The maximum atomic E-state index is 12.0. The molecule has 0 aromatic heterocycles. The number of carbonyl (C=O) groups is 1. The van der Waals surface area contributed by atoms with Crippen LogP contribution in [0.3, 0.4) is 0 Å². The van der Waals surface area contributed by atoms with E-state index in [1.165, 1.54) is 5.69 Å². The maximum Gasteiger partial charge on any atom is 0.237 e. The fraction of sp³-hybridized carbons (Fsp3) is 0.562. The first-order valence-electron chi connectivity index (χ1n) is 7.53. The van der Waals surface area contributed by atoms with Gasteiger partial charge in [0, 0.05) is 25.3 Å². The summed E-state index contributed by atoms with van der Waals surface area (Å²) in [6.45, 7) is 7.68. The molecule has 1 aromatic carbocycles. The fourth-order valence-electron chi connectivity index (χ4n) is 2.38. The van der Waals surface area contributed by atoms with E-state index < -0.39 is 6.04 Å². The van der Waals surface area contributed by atoms with E-state index in [1.54, 1.807) is 0 Å². The number of rotatable bonds is 5. The van der Waals surface area contributed by atoms with Gasteiger partial charge in [-0.2, -0.15) is 0 Å². The van der Waals surface area contributed by atoms with Crippen molar-refractivity contribution in [3.63, 3.8) is 0 Å². The Morgan fingerprint density at radius 2 is 2.00 bits per heavy atom. The van der Waals surface area contributed by atoms with Crippen molar-refractivity contribution < 1.29 is 9.53 Å². The summed E-state index contributed by atoms with van der Waals surface area (Å²) in [7, 11) is 0. The van der Waals surface area contributed by atoms with Crippen LogP contribution >= 0.6 is 0 Å². The van der Waals surface area contributed by atoms with E-state index in [4.69, 9.17) is 10.5 Å². The van der Waals surface area contributed by atoms with Crippen LogP contribution in [0.1, 0.15) is 19.4 Å². The van der Waals surface area contributed by atoms with Gasteiger partial charge in [0.05, 0.1) is 19.3 Å². The zero-order chi connectivity index (χ0) is 15.2. The van der Waals surface area contributed by atoms with Crippen LogP contribution in [0.5, 0.6) is 0 Å². The topological polar surface area (TPSA) is 67.6 Å². The lowest BCUT2D eigenvalue weighted by Gasteiger charge is -2.30. The Bertz CT molecular complexity index is 470. The van der Waals surface area contributed by atoms with Crippen molar-refractivity contribution in [2.75, 3.05) is 31.2 Å². The SMILES string of the molecule is CC(C)[C@H](N)C(=O)NCc1ccccc1N1CCOCC1. The molecule has 0 bridgehead atoms. The lowest BCUT2D eigenvalue weighted by Crippen LogP contribution is -2.44. The molecule has 5 heteroatoms. The van der Waals surface area contributed by atoms with Gasteiger partial charge in [0.1, 0.15) is 0 Å². The number of anilines is 1. The summed E-state index contributed by atoms with van der Waals surface area (Å²) in [6, 6.07) is 7.70. The summed E-state index contributed by atoms with van der Waals surface area (Å²) in [4.78, 5) is 14.3. The van der Waals surface area contributed by atoms with Crippen molar-refractivity contribution in [1.29, 1.82) is 0 Å². The molecule has 0 spiro atoms. The Morgan fingerprint density at radius 1 is 1.33 bits per heavy atom. The van der Waals surface area contributed by atoms with Gasteiger partial charge in [-0.3, -0.25) is 4.79 Å². The molecule has 0 radical (unpaired) electrons. The Hall–Kier alpha value is -1.59. The molecule has 1 aliphatic heterocycles. The summed E-state index contributed by atoms with van der Waals surface area (Å²) in [5, 5.41) is 2.94. The molecular formula is C16H25N3O2. The smallest absolute Gasteiger partial charge is 0.237 e. The quantitative estimate of drug-likeness (QED) is 0.853. The number of nitrogens with zero attached hydrogens (tertiary/aromatic N) is 1. The van der Waals surface area contributed by atoms with Gasteiger partial charge in [-0.1, -0.05) is 32.0 Å². The molecule has 1 saturated heterocycles. The Morgan fingerprint density at radius 3 is 2.67 bits per heavy atom. The van der Waals surface area contributed by atoms with Crippen LogP contribution in [0.15, 0.2) is 24.3 Å². The minimum absolute atomic E-state index is 0.0956. The summed E-state index contributed by atoms with van der Waals surface area (Å²) < 4.78 is 5.39. The fourth-order valence-corrected chi connectivity index (χ4v) is 2.38. The van der Waals surface area contributed by atoms with E-state index in [0.717, 1.165) is 31.9 Å². The van der Waals surface area contributed by atoms with Crippen LogP contribution in [-0.2, 0) is 16.1 Å². The number of morpholine rings is 1. The second-order valence-corrected chi connectivity index (χ2v) is 5.72. The number of ether oxygens (including phenoxy) is 1. The highest BCUT2D eigenvalue weighted by Gasteiger charge is 2.18. The minimum Gasteiger partial charge on any atom is -0.378 e. The van der Waals surface area contributed by atoms with E-state index in [2.05, 4.69) is 16.3 Å². The molecule has 1 amide bonds. The van der Waals surface area contributed by atoms with Crippen LogP contribution in [0.4, 0.5) is 5.69 Å². The van der Waals surface area contributed by atoms with Crippen molar-refractivity contribution in [2.45, 2.75) is 26.4 Å². The Kier molecular flexibility index (Phi) is 5.59. The van der Waals surface area contributed by atoms with Gasteiger partial charge in [-0.25, -0.2) is 0 Å². The molecule has 1 heterocycles. The molecule has 1 aliphatic rings. The number of hydrogen-bond donors (Lipinski definition) is 2. The average Bonchev–Trinajstić information content (AvgIpc) is 2.52. The van der Waals surface area contributed by atoms with E-state index in [1.807, 2.05) is 32.0 Å². The number of amides is 1. The van der Waals surface area contributed by atoms with Crippen LogP contribution in [0.2, 0.25) is 0 Å². The number of benzene rings is 1. The predicted molar refractivity (Wildman–Crippen MR) is 84.1 cm³/mol. The summed E-state index contributed by atoms with van der Waals surface area (Å²) >= 11 is 0. The molecule has 1 aromatic rings. The highest BCUT2D eigenvalue weighted by molar-refractivity contribution is 5.81. The number of hydrogen-bond acceptors (Lipinski definition) is 4. The van der Waals surface area contributed by atoms with Gasteiger partial charge in [0.15, 0.2) is 0 Å². The first kappa shape index (κ1) is 15.8. The van der Waals surface area contributed by atoms with Crippen molar-refractivity contribution in [2.24, 2.45) is 11.7 Å². The second kappa shape index (κ2) is 7.43. The van der Waals surface area contributed by atoms with Crippen LogP contribution in [-0.4, -0.2) is 38.3 Å². The normalized spacial score (nSPS) is 16.9. The number of para-hydroxylation sites is 1. The molecule has 0 aliphatic carbocycles. The highest BCUT2D eigenvalue weighted by atomic mass is 16.5. The third-order valence-corrected chi connectivity index (χ3v) is 3.82. The van der Waals surface area contributed by atoms with Crippen molar-refractivity contribution in [1.82, 2.24) is 5.32 Å².